The second-order valence-corrected chi connectivity index (χ2v) is 3.23. The van der Waals surface area contributed by atoms with E-state index in [1.807, 2.05) is 0 Å². The number of benzene rings is 1. The number of methoxy groups -OCH3 is 2. The predicted molar refractivity (Wildman–Crippen MR) is 58.4 cm³/mol. The van der Waals surface area contributed by atoms with E-state index in [9.17, 15) is 9.90 Å². The number of carbonyl (C=O) groups is 1. The van der Waals surface area contributed by atoms with Crippen LogP contribution in [-0.2, 0) is 0 Å². The summed E-state index contributed by atoms with van der Waals surface area (Å²) in [5.41, 5.74) is 0.618. The van der Waals surface area contributed by atoms with E-state index in [-0.39, 0.29) is 11.3 Å². The summed E-state index contributed by atoms with van der Waals surface area (Å²) in [5.74, 6) is -0.417. The van der Waals surface area contributed by atoms with E-state index in [1.165, 1.54) is 14.2 Å². The van der Waals surface area contributed by atoms with Gasteiger partial charge in [-0.1, -0.05) is 0 Å². The highest BCUT2D eigenvalue weighted by molar-refractivity contribution is 6.06. The van der Waals surface area contributed by atoms with Crippen molar-refractivity contribution in [3.63, 3.8) is 0 Å². The molecule has 0 amide bonds. The molecule has 2 aromatic rings. The van der Waals surface area contributed by atoms with Crippen molar-refractivity contribution < 1.29 is 19.4 Å². The Bertz CT molecular complexity index is 544. The van der Waals surface area contributed by atoms with Crippen molar-refractivity contribution in [3.8, 4) is 11.5 Å². The Morgan fingerprint density at radius 2 is 2.12 bits per heavy atom. The Balaban J connectivity index is 2.87. The lowest BCUT2D eigenvalue weighted by Gasteiger charge is -2.11. The number of aromatic nitrogens is 1. The van der Waals surface area contributed by atoms with Crippen molar-refractivity contribution in [2.45, 2.75) is 0 Å². The highest BCUT2D eigenvalue weighted by atomic mass is 16.5. The Kier molecular flexibility index (Phi) is 2.44. The minimum atomic E-state index is -1.05. The van der Waals surface area contributed by atoms with Crippen LogP contribution in [0, 0.1) is 0 Å². The molecule has 1 heterocycles. The van der Waals surface area contributed by atoms with E-state index < -0.39 is 5.97 Å². The largest absolute Gasteiger partial charge is 0.493 e. The molecule has 0 spiro atoms. The molecule has 16 heavy (non-hydrogen) atoms. The van der Waals surface area contributed by atoms with Gasteiger partial charge in [-0.3, -0.25) is 0 Å². The summed E-state index contributed by atoms with van der Waals surface area (Å²) < 4.78 is 10.2. The van der Waals surface area contributed by atoms with E-state index in [0.29, 0.717) is 11.3 Å². The maximum atomic E-state index is 11.2. The Hall–Kier alpha value is -2.17. The van der Waals surface area contributed by atoms with Crippen molar-refractivity contribution >= 4 is 16.9 Å². The standard InChI is InChI=1S/C11H11NO4/c1-15-7-5-6-3-4-12-9(6)8(11(13)14)10(7)16-2/h3-5,12H,1-2H3,(H,13,14). The Morgan fingerprint density at radius 3 is 2.69 bits per heavy atom. The fourth-order valence-corrected chi connectivity index (χ4v) is 1.72. The molecular weight excluding hydrogens is 210 g/mol. The summed E-state index contributed by atoms with van der Waals surface area (Å²) in [4.78, 5) is 14.1. The summed E-state index contributed by atoms with van der Waals surface area (Å²) in [7, 11) is 2.89. The van der Waals surface area contributed by atoms with Gasteiger partial charge >= 0.3 is 5.97 Å². The summed E-state index contributed by atoms with van der Waals surface area (Å²) in [6, 6.07) is 3.51. The average Bonchev–Trinajstić information content (AvgIpc) is 2.73. The minimum absolute atomic E-state index is 0.0850. The number of hydrogen-bond donors (Lipinski definition) is 2. The van der Waals surface area contributed by atoms with Gasteiger partial charge in [-0.05, 0) is 12.1 Å². The van der Waals surface area contributed by atoms with Crippen LogP contribution in [0.2, 0.25) is 0 Å². The molecule has 0 unspecified atom stereocenters. The average molecular weight is 221 g/mol. The van der Waals surface area contributed by atoms with Crippen LogP contribution in [0.15, 0.2) is 18.3 Å². The molecule has 0 atom stereocenters. The van der Waals surface area contributed by atoms with Gasteiger partial charge in [-0.25, -0.2) is 4.79 Å². The predicted octanol–water partition coefficient (Wildman–Crippen LogP) is 1.88. The van der Waals surface area contributed by atoms with Gasteiger partial charge in [0.25, 0.3) is 0 Å². The molecule has 2 rings (SSSR count). The molecule has 0 aliphatic heterocycles. The summed E-state index contributed by atoms with van der Waals surface area (Å²) in [5, 5.41) is 9.95. The Morgan fingerprint density at radius 1 is 1.38 bits per heavy atom. The van der Waals surface area contributed by atoms with Gasteiger partial charge in [0, 0.05) is 11.6 Å². The molecule has 0 aliphatic rings. The quantitative estimate of drug-likeness (QED) is 0.830. The lowest BCUT2D eigenvalue weighted by Crippen LogP contribution is -2.03. The molecule has 1 aromatic carbocycles. The van der Waals surface area contributed by atoms with Gasteiger partial charge in [0.05, 0.1) is 19.7 Å². The zero-order valence-electron chi connectivity index (χ0n) is 8.90. The second-order valence-electron chi connectivity index (χ2n) is 3.23. The van der Waals surface area contributed by atoms with Crippen molar-refractivity contribution in [2.75, 3.05) is 14.2 Å². The highest BCUT2D eigenvalue weighted by Gasteiger charge is 2.20. The van der Waals surface area contributed by atoms with Crippen LogP contribution in [0.5, 0.6) is 11.5 Å². The van der Waals surface area contributed by atoms with Crippen LogP contribution in [-0.4, -0.2) is 30.3 Å². The van der Waals surface area contributed by atoms with Crippen LogP contribution < -0.4 is 9.47 Å². The number of rotatable bonds is 3. The molecule has 1 aromatic heterocycles. The highest BCUT2D eigenvalue weighted by Crippen LogP contribution is 2.36. The first-order valence-electron chi connectivity index (χ1n) is 4.64. The first-order chi connectivity index (χ1) is 7.69. The van der Waals surface area contributed by atoms with E-state index in [1.54, 1.807) is 18.3 Å². The van der Waals surface area contributed by atoms with Gasteiger partial charge < -0.3 is 19.6 Å². The number of carboxylic acids is 1. The van der Waals surface area contributed by atoms with Gasteiger partial charge in [0.15, 0.2) is 11.5 Å². The number of aromatic carboxylic acids is 1. The lowest BCUT2D eigenvalue weighted by molar-refractivity contribution is 0.0694. The van der Waals surface area contributed by atoms with Crippen molar-refractivity contribution in [3.05, 3.63) is 23.9 Å². The van der Waals surface area contributed by atoms with Gasteiger partial charge in [0.2, 0.25) is 0 Å². The fourth-order valence-electron chi connectivity index (χ4n) is 1.72. The molecule has 5 heteroatoms. The van der Waals surface area contributed by atoms with Gasteiger partial charge in [0.1, 0.15) is 5.56 Å². The summed E-state index contributed by atoms with van der Waals surface area (Å²) in [6.45, 7) is 0. The molecule has 0 fully saturated rings. The summed E-state index contributed by atoms with van der Waals surface area (Å²) >= 11 is 0. The molecular formula is C11H11NO4. The van der Waals surface area contributed by atoms with E-state index in [4.69, 9.17) is 9.47 Å². The molecule has 0 saturated heterocycles. The number of carboxylic acid groups (broad SMARTS) is 1. The third-order valence-corrected chi connectivity index (χ3v) is 2.40. The van der Waals surface area contributed by atoms with Crippen LogP contribution in [0.3, 0.4) is 0 Å². The third-order valence-electron chi connectivity index (χ3n) is 2.40. The normalized spacial score (nSPS) is 10.4. The third kappa shape index (κ3) is 1.37. The van der Waals surface area contributed by atoms with Crippen LogP contribution >= 0.6 is 0 Å². The number of nitrogens with one attached hydrogen (secondary N) is 1. The van der Waals surface area contributed by atoms with Gasteiger partial charge in [-0.2, -0.15) is 0 Å². The molecule has 84 valence electrons. The first kappa shape index (κ1) is 10.4. The fraction of sp³-hybridized carbons (Fsp3) is 0.182. The lowest BCUT2D eigenvalue weighted by atomic mass is 10.1. The van der Waals surface area contributed by atoms with Crippen molar-refractivity contribution in [1.29, 1.82) is 0 Å². The molecule has 2 N–H and O–H groups in total. The van der Waals surface area contributed by atoms with E-state index >= 15 is 0 Å². The number of hydrogen-bond acceptors (Lipinski definition) is 3. The van der Waals surface area contributed by atoms with Crippen LogP contribution in [0.4, 0.5) is 0 Å². The monoisotopic (exact) mass is 221 g/mol. The number of ether oxygens (including phenoxy) is 2. The minimum Gasteiger partial charge on any atom is -0.493 e. The number of fused-ring (bicyclic) bond motifs is 1. The SMILES string of the molecule is COc1cc2cc[nH]c2c(C(=O)O)c1OC. The maximum absolute atomic E-state index is 11.2. The summed E-state index contributed by atoms with van der Waals surface area (Å²) in [6.07, 6.45) is 1.68. The van der Waals surface area contributed by atoms with Crippen LogP contribution in [0.1, 0.15) is 10.4 Å². The first-order valence-corrected chi connectivity index (χ1v) is 4.64. The maximum Gasteiger partial charge on any atom is 0.341 e. The second kappa shape index (κ2) is 3.77. The molecule has 5 nitrogen and oxygen atoms in total. The van der Waals surface area contributed by atoms with Crippen molar-refractivity contribution in [1.82, 2.24) is 4.98 Å². The van der Waals surface area contributed by atoms with E-state index in [2.05, 4.69) is 4.98 Å². The zero-order chi connectivity index (χ0) is 11.7. The number of aromatic amines is 1. The molecule has 0 radical (unpaired) electrons. The molecule has 0 aliphatic carbocycles. The number of H-pyrrole nitrogens is 1. The topological polar surface area (TPSA) is 71.6 Å². The van der Waals surface area contributed by atoms with E-state index in [0.717, 1.165) is 5.39 Å². The Labute approximate surface area is 91.6 Å². The zero-order valence-corrected chi connectivity index (χ0v) is 8.90. The molecule has 0 bridgehead atoms. The van der Waals surface area contributed by atoms with Gasteiger partial charge in [-0.15, -0.1) is 0 Å². The van der Waals surface area contributed by atoms with Crippen LogP contribution in [0.25, 0.3) is 10.9 Å². The smallest absolute Gasteiger partial charge is 0.341 e. The molecule has 0 saturated carbocycles. The van der Waals surface area contributed by atoms with Crippen molar-refractivity contribution in [2.24, 2.45) is 0 Å².